The first-order valence-electron chi connectivity index (χ1n) is 7.77. The Labute approximate surface area is 112 Å². The number of hydrogen-bond acceptors (Lipinski definition) is 3. The summed E-state index contributed by atoms with van der Waals surface area (Å²) < 4.78 is 5.51. The second-order valence-corrected chi connectivity index (χ2v) is 6.34. The van der Waals surface area contributed by atoms with E-state index < -0.39 is 0 Å². The van der Waals surface area contributed by atoms with Crippen molar-refractivity contribution >= 4 is 0 Å². The minimum atomic E-state index is 0.690. The number of hydrogen-bond donors (Lipinski definition) is 1. The fourth-order valence-corrected chi connectivity index (χ4v) is 3.46. The highest BCUT2D eigenvalue weighted by atomic mass is 16.5. The lowest BCUT2D eigenvalue weighted by Gasteiger charge is -2.46. The normalized spacial score (nSPS) is 32.0. The average Bonchev–Trinajstić information content (AvgIpc) is 2.39. The molecule has 106 valence electrons. The predicted molar refractivity (Wildman–Crippen MR) is 75.9 cm³/mol. The third kappa shape index (κ3) is 3.69. The van der Waals surface area contributed by atoms with Crippen LogP contribution in [0.1, 0.15) is 46.5 Å². The summed E-state index contributed by atoms with van der Waals surface area (Å²) in [7, 11) is 0. The van der Waals surface area contributed by atoms with Crippen molar-refractivity contribution < 1.29 is 4.74 Å². The van der Waals surface area contributed by atoms with Crippen LogP contribution in [0.4, 0.5) is 0 Å². The summed E-state index contributed by atoms with van der Waals surface area (Å²) in [6.07, 6.45) is 5.02. The van der Waals surface area contributed by atoms with E-state index in [4.69, 9.17) is 4.74 Å². The maximum atomic E-state index is 5.51. The molecule has 2 heterocycles. The van der Waals surface area contributed by atoms with Crippen LogP contribution in [-0.2, 0) is 4.74 Å². The molecule has 2 aliphatic rings. The van der Waals surface area contributed by atoms with Gasteiger partial charge in [0.2, 0.25) is 0 Å². The molecule has 2 rings (SSSR count). The molecule has 0 aromatic rings. The van der Waals surface area contributed by atoms with Crippen LogP contribution in [-0.4, -0.2) is 49.3 Å². The summed E-state index contributed by atoms with van der Waals surface area (Å²) in [6.45, 7) is 11.3. The highest BCUT2D eigenvalue weighted by Crippen LogP contribution is 2.23. The number of nitrogens with zero attached hydrogens (tertiary/aromatic N) is 1. The predicted octanol–water partition coefficient (Wildman–Crippen LogP) is 2.26. The lowest BCUT2D eigenvalue weighted by molar-refractivity contribution is -0.00208. The molecule has 0 aromatic heterocycles. The number of rotatable bonds is 4. The maximum absolute atomic E-state index is 5.51. The van der Waals surface area contributed by atoms with E-state index in [1.54, 1.807) is 0 Å². The standard InChI is InChI=1S/C15H30N2O/c1-4-14-10-16-13(9-12(2)3)11-17(14)15-5-7-18-8-6-15/h12-16H,4-11H2,1-3H3. The van der Waals surface area contributed by atoms with Gasteiger partial charge in [0.15, 0.2) is 0 Å². The summed E-state index contributed by atoms with van der Waals surface area (Å²) in [6, 6.07) is 2.19. The number of ether oxygens (including phenoxy) is 1. The Bertz CT molecular complexity index is 239. The molecule has 2 atom stereocenters. The van der Waals surface area contributed by atoms with E-state index in [0.717, 1.165) is 31.2 Å². The summed E-state index contributed by atoms with van der Waals surface area (Å²) in [4.78, 5) is 2.78. The van der Waals surface area contributed by atoms with Crippen molar-refractivity contribution in [1.29, 1.82) is 0 Å². The van der Waals surface area contributed by atoms with Gasteiger partial charge in [0.05, 0.1) is 0 Å². The van der Waals surface area contributed by atoms with Gasteiger partial charge in [0.1, 0.15) is 0 Å². The minimum absolute atomic E-state index is 0.690. The van der Waals surface area contributed by atoms with E-state index in [0.29, 0.717) is 6.04 Å². The van der Waals surface area contributed by atoms with Gasteiger partial charge in [-0.25, -0.2) is 0 Å². The number of nitrogens with one attached hydrogen (secondary N) is 1. The second-order valence-electron chi connectivity index (χ2n) is 6.34. The van der Waals surface area contributed by atoms with Crippen molar-refractivity contribution in [2.45, 2.75) is 64.6 Å². The molecule has 0 radical (unpaired) electrons. The molecule has 0 aromatic carbocycles. The monoisotopic (exact) mass is 254 g/mol. The maximum Gasteiger partial charge on any atom is 0.0480 e. The highest BCUT2D eigenvalue weighted by Gasteiger charge is 2.32. The Morgan fingerprint density at radius 3 is 2.61 bits per heavy atom. The Kier molecular flexibility index (Phi) is 5.46. The third-order valence-corrected chi connectivity index (χ3v) is 4.43. The zero-order chi connectivity index (χ0) is 13.0. The van der Waals surface area contributed by atoms with E-state index in [2.05, 4.69) is 31.0 Å². The first kappa shape index (κ1) is 14.3. The molecule has 18 heavy (non-hydrogen) atoms. The van der Waals surface area contributed by atoms with Crippen LogP contribution in [0.5, 0.6) is 0 Å². The van der Waals surface area contributed by atoms with Crippen molar-refractivity contribution in [2.75, 3.05) is 26.3 Å². The van der Waals surface area contributed by atoms with Crippen molar-refractivity contribution in [3.8, 4) is 0 Å². The number of piperazine rings is 1. The van der Waals surface area contributed by atoms with Crippen LogP contribution in [0, 0.1) is 5.92 Å². The van der Waals surface area contributed by atoms with Gasteiger partial charge in [-0.15, -0.1) is 0 Å². The zero-order valence-electron chi connectivity index (χ0n) is 12.3. The van der Waals surface area contributed by atoms with Gasteiger partial charge in [-0.05, 0) is 31.6 Å². The molecule has 3 heteroatoms. The van der Waals surface area contributed by atoms with Gasteiger partial charge >= 0.3 is 0 Å². The Morgan fingerprint density at radius 2 is 2.00 bits per heavy atom. The quantitative estimate of drug-likeness (QED) is 0.833. The summed E-state index contributed by atoms with van der Waals surface area (Å²) in [5.74, 6) is 0.789. The largest absolute Gasteiger partial charge is 0.381 e. The van der Waals surface area contributed by atoms with E-state index in [1.165, 1.54) is 38.8 Å². The van der Waals surface area contributed by atoms with Crippen LogP contribution in [0.25, 0.3) is 0 Å². The zero-order valence-corrected chi connectivity index (χ0v) is 12.3. The first-order chi connectivity index (χ1) is 8.70. The highest BCUT2D eigenvalue weighted by molar-refractivity contribution is 4.90. The SMILES string of the molecule is CCC1CNC(CC(C)C)CN1C1CCOCC1. The third-order valence-electron chi connectivity index (χ3n) is 4.43. The van der Waals surface area contributed by atoms with Gasteiger partial charge in [-0.1, -0.05) is 20.8 Å². The second kappa shape index (κ2) is 6.88. The van der Waals surface area contributed by atoms with Gasteiger partial charge < -0.3 is 10.1 Å². The fourth-order valence-electron chi connectivity index (χ4n) is 3.46. The summed E-state index contributed by atoms with van der Waals surface area (Å²) in [5.41, 5.74) is 0. The smallest absolute Gasteiger partial charge is 0.0480 e. The van der Waals surface area contributed by atoms with Gasteiger partial charge in [-0.3, -0.25) is 4.90 Å². The van der Waals surface area contributed by atoms with E-state index in [1.807, 2.05) is 0 Å². The van der Waals surface area contributed by atoms with Crippen LogP contribution < -0.4 is 5.32 Å². The molecule has 3 nitrogen and oxygen atoms in total. The topological polar surface area (TPSA) is 24.5 Å². The fraction of sp³-hybridized carbons (Fsp3) is 1.00. The Hall–Kier alpha value is -0.120. The molecule has 0 amide bonds. The van der Waals surface area contributed by atoms with E-state index >= 15 is 0 Å². The van der Waals surface area contributed by atoms with Crippen LogP contribution in [0.15, 0.2) is 0 Å². The van der Waals surface area contributed by atoms with Gasteiger partial charge in [0, 0.05) is 44.4 Å². The Morgan fingerprint density at radius 1 is 1.28 bits per heavy atom. The van der Waals surface area contributed by atoms with E-state index in [-0.39, 0.29) is 0 Å². The molecule has 2 aliphatic heterocycles. The average molecular weight is 254 g/mol. The molecule has 0 saturated carbocycles. The van der Waals surface area contributed by atoms with Crippen molar-refractivity contribution in [2.24, 2.45) is 5.92 Å². The molecule has 2 unspecified atom stereocenters. The molecule has 0 bridgehead atoms. The van der Waals surface area contributed by atoms with Crippen molar-refractivity contribution in [1.82, 2.24) is 10.2 Å². The summed E-state index contributed by atoms with van der Waals surface area (Å²) in [5, 5.41) is 3.75. The van der Waals surface area contributed by atoms with Crippen molar-refractivity contribution in [3.05, 3.63) is 0 Å². The molecule has 2 saturated heterocycles. The molecule has 2 fully saturated rings. The Balaban J connectivity index is 1.93. The minimum Gasteiger partial charge on any atom is -0.381 e. The first-order valence-corrected chi connectivity index (χ1v) is 7.77. The van der Waals surface area contributed by atoms with Crippen LogP contribution in [0.2, 0.25) is 0 Å². The van der Waals surface area contributed by atoms with Crippen LogP contribution in [0.3, 0.4) is 0 Å². The van der Waals surface area contributed by atoms with Gasteiger partial charge in [-0.2, -0.15) is 0 Å². The molecule has 1 N–H and O–H groups in total. The molecular weight excluding hydrogens is 224 g/mol. The van der Waals surface area contributed by atoms with E-state index in [9.17, 15) is 0 Å². The summed E-state index contributed by atoms with van der Waals surface area (Å²) >= 11 is 0. The molecule has 0 aliphatic carbocycles. The van der Waals surface area contributed by atoms with Crippen molar-refractivity contribution in [3.63, 3.8) is 0 Å². The molecular formula is C15H30N2O. The molecule has 0 spiro atoms. The van der Waals surface area contributed by atoms with Gasteiger partial charge in [0.25, 0.3) is 0 Å². The van der Waals surface area contributed by atoms with Crippen LogP contribution >= 0.6 is 0 Å². The lowest BCUT2D eigenvalue weighted by atomic mass is 9.95. The lowest BCUT2D eigenvalue weighted by Crippen LogP contribution is -2.60.